The smallest absolute Gasteiger partial charge is 0.162 e. The van der Waals surface area contributed by atoms with Crippen molar-refractivity contribution < 1.29 is 19.4 Å². The van der Waals surface area contributed by atoms with Crippen LogP contribution in [0.3, 0.4) is 0 Å². The summed E-state index contributed by atoms with van der Waals surface area (Å²) in [6.45, 7) is 9.93. The van der Waals surface area contributed by atoms with E-state index in [1.165, 1.54) is 25.7 Å². The average molecular weight is 394 g/mol. The van der Waals surface area contributed by atoms with Crippen molar-refractivity contribution in [2.45, 2.75) is 85.0 Å². The summed E-state index contributed by atoms with van der Waals surface area (Å²) in [5.74, 6) is 0.774. The van der Waals surface area contributed by atoms with E-state index in [0.29, 0.717) is 43.5 Å². The van der Waals surface area contributed by atoms with Crippen LogP contribution in [-0.4, -0.2) is 42.8 Å². The summed E-state index contributed by atoms with van der Waals surface area (Å²) < 4.78 is 11.7. The van der Waals surface area contributed by atoms with E-state index in [4.69, 9.17) is 9.47 Å². The van der Waals surface area contributed by atoms with E-state index in [9.17, 15) is 9.90 Å². The van der Waals surface area contributed by atoms with Gasteiger partial charge in [0.2, 0.25) is 0 Å². The fraction of sp³-hybridized carbons (Fsp3) is 0.696. The van der Waals surface area contributed by atoms with Gasteiger partial charge in [0, 0.05) is 36.7 Å². The predicted octanol–water partition coefficient (Wildman–Crippen LogP) is 4.50. The molecule has 1 aromatic rings. The summed E-state index contributed by atoms with van der Waals surface area (Å²) >= 11 is 0. The maximum Gasteiger partial charge on any atom is 0.162 e. The lowest BCUT2D eigenvalue weighted by molar-refractivity contribution is 0.0951. The molecule has 1 atom stereocenters. The summed E-state index contributed by atoms with van der Waals surface area (Å²) in [4.78, 5) is 12.0. The second-order valence-corrected chi connectivity index (χ2v) is 7.59. The number of benzene rings is 1. The van der Waals surface area contributed by atoms with Crippen LogP contribution in [0.2, 0.25) is 0 Å². The van der Waals surface area contributed by atoms with Gasteiger partial charge in [0.15, 0.2) is 5.78 Å². The number of aliphatic hydroxyl groups excluding tert-OH is 1. The number of aliphatic hydroxyl groups is 1. The molecule has 0 fully saturated rings. The number of nitrogens with one attached hydrogen (secondary N) is 1. The van der Waals surface area contributed by atoms with E-state index < -0.39 is 6.10 Å². The Morgan fingerprint density at radius 2 is 1.89 bits per heavy atom. The molecule has 0 amide bonds. The molecule has 1 aromatic carbocycles. The van der Waals surface area contributed by atoms with Gasteiger partial charge in [-0.25, -0.2) is 0 Å². The standard InChI is InChI=1S/C23H39NO4/c1-5-7-8-9-10-13-27-16-20-14-19(22(26)6-2)11-12-23(20)28-17-21(25)15-24-18(3)4/h11-12,14,18,21,24-25H,5-10,13,15-17H2,1-4H3. The molecule has 160 valence electrons. The van der Waals surface area contributed by atoms with Gasteiger partial charge >= 0.3 is 0 Å². The third-order valence-corrected chi connectivity index (χ3v) is 4.55. The molecule has 0 bridgehead atoms. The Morgan fingerprint density at radius 1 is 1.14 bits per heavy atom. The molecule has 1 rings (SSSR count). The SMILES string of the molecule is CCCCCCCOCc1cc(C(=O)CC)ccc1OCC(O)CNC(C)C. The molecule has 1 unspecified atom stereocenters. The maximum atomic E-state index is 12.0. The van der Waals surface area contributed by atoms with Crippen molar-refractivity contribution in [3.63, 3.8) is 0 Å². The lowest BCUT2D eigenvalue weighted by atomic mass is 10.1. The summed E-state index contributed by atoms with van der Waals surface area (Å²) in [5.41, 5.74) is 1.54. The van der Waals surface area contributed by atoms with Gasteiger partial charge in [-0.3, -0.25) is 4.79 Å². The van der Waals surface area contributed by atoms with Crippen LogP contribution in [0.15, 0.2) is 18.2 Å². The Labute approximate surface area is 170 Å². The van der Waals surface area contributed by atoms with Crippen LogP contribution in [0, 0.1) is 0 Å². The second-order valence-electron chi connectivity index (χ2n) is 7.59. The van der Waals surface area contributed by atoms with Crippen LogP contribution in [0.1, 0.15) is 82.1 Å². The molecule has 0 saturated heterocycles. The Balaban J connectivity index is 2.62. The van der Waals surface area contributed by atoms with E-state index in [1.54, 1.807) is 6.07 Å². The minimum absolute atomic E-state index is 0.105. The van der Waals surface area contributed by atoms with Crippen LogP contribution in [0.4, 0.5) is 0 Å². The first-order valence-electron chi connectivity index (χ1n) is 10.8. The number of ether oxygens (including phenoxy) is 2. The van der Waals surface area contributed by atoms with E-state index in [0.717, 1.165) is 12.0 Å². The molecule has 2 N–H and O–H groups in total. The van der Waals surface area contributed by atoms with Gasteiger partial charge in [-0.2, -0.15) is 0 Å². The Bertz CT molecular complexity index is 560. The molecule has 28 heavy (non-hydrogen) atoms. The second kappa shape index (κ2) is 14.6. The molecule has 0 aliphatic rings. The van der Waals surface area contributed by atoms with Gasteiger partial charge < -0.3 is 19.9 Å². The molecular formula is C23H39NO4. The van der Waals surface area contributed by atoms with Crippen LogP contribution >= 0.6 is 0 Å². The monoisotopic (exact) mass is 393 g/mol. The third-order valence-electron chi connectivity index (χ3n) is 4.55. The zero-order valence-corrected chi connectivity index (χ0v) is 18.1. The van der Waals surface area contributed by atoms with Crippen LogP contribution in [-0.2, 0) is 11.3 Å². The minimum atomic E-state index is -0.591. The summed E-state index contributed by atoms with van der Waals surface area (Å²) in [5, 5.41) is 13.3. The summed E-state index contributed by atoms with van der Waals surface area (Å²) in [6, 6.07) is 5.77. The minimum Gasteiger partial charge on any atom is -0.490 e. The number of hydrogen-bond acceptors (Lipinski definition) is 5. The van der Waals surface area contributed by atoms with Crippen molar-refractivity contribution in [1.82, 2.24) is 5.32 Å². The number of carbonyl (C=O) groups is 1. The molecule has 0 radical (unpaired) electrons. The topological polar surface area (TPSA) is 67.8 Å². The number of hydrogen-bond donors (Lipinski definition) is 2. The summed E-state index contributed by atoms with van der Waals surface area (Å²) in [7, 11) is 0. The number of rotatable bonds is 16. The van der Waals surface area contributed by atoms with E-state index >= 15 is 0 Å². The summed E-state index contributed by atoms with van der Waals surface area (Å²) in [6.07, 6.45) is 5.86. The first kappa shape index (κ1) is 24.6. The van der Waals surface area contributed by atoms with E-state index in [1.807, 2.05) is 32.9 Å². The van der Waals surface area contributed by atoms with Crippen LogP contribution in [0.25, 0.3) is 0 Å². The molecule has 5 nitrogen and oxygen atoms in total. The molecule has 0 spiro atoms. The van der Waals surface area contributed by atoms with Gasteiger partial charge in [0.05, 0.1) is 6.61 Å². The number of carbonyl (C=O) groups excluding carboxylic acids is 1. The van der Waals surface area contributed by atoms with Gasteiger partial charge in [0.1, 0.15) is 18.5 Å². The molecule has 0 aromatic heterocycles. The highest BCUT2D eigenvalue weighted by molar-refractivity contribution is 5.96. The Morgan fingerprint density at radius 3 is 2.57 bits per heavy atom. The fourth-order valence-electron chi connectivity index (χ4n) is 2.82. The van der Waals surface area contributed by atoms with Crippen molar-refractivity contribution in [1.29, 1.82) is 0 Å². The van der Waals surface area contributed by atoms with E-state index in [-0.39, 0.29) is 12.4 Å². The zero-order chi connectivity index (χ0) is 20.8. The third kappa shape index (κ3) is 10.2. The normalized spacial score (nSPS) is 12.4. The molecular weight excluding hydrogens is 354 g/mol. The van der Waals surface area contributed by atoms with Crippen molar-refractivity contribution >= 4 is 5.78 Å². The average Bonchev–Trinajstić information content (AvgIpc) is 2.69. The number of ketones is 1. The van der Waals surface area contributed by atoms with E-state index in [2.05, 4.69) is 12.2 Å². The van der Waals surface area contributed by atoms with Gasteiger partial charge in [-0.1, -0.05) is 53.4 Å². The fourth-order valence-corrected chi connectivity index (χ4v) is 2.82. The van der Waals surface area contributed by atoms with Crippen molar-refractivity contribution in [3.8, 4) is 5.75 Å². The van der Waals surface area contributed by atoms with Gasteiger partial charge in [-0.05, 0) is 24.6 Å². The molecule has 5 heteroatoms. The van der Waals surface area contributed by atoms with Crippen molar-refractivity contribution in [3.05, 3.63) is 29.3 Å². The highest BCUT2D eigenvalue weighted by Gasteiger charge is 2.12. The lowest BCUT2D eigenvalue weighted by Gasteiger charge is -2.17. The van der Waals surface area contributed by atoms with Crippen molar-refractivity contribution in [2.24, 2.45) is 0 Å². The Hall–Kier alpha value is -1.43. The largest absolute Gasteiger partial charge is 0.490 e. The first-order chi connectivity index (χ1) is 13.5. The highest BCUT2D eigenvalue weighted by Crippen LogP contribution is 2.22. The highest BCUT2D eigenvalue weighted by atomic mass is 16.5. The molecule has 0 aliphatic heterocycles. The number of Topliss-reactive ketones (excluding diaryl/α,β-unsaturated/α-hetero) is 1. The maximum absolute atomic E-state index is 12.0. The quantitative estimate of drug-likeness (QED) is 0.320. The molecule has 0 aliphatic carbocycles. The van der Waals surface area contributed by atoms with Gasteiger partial charge in [0.25, 0.3) is 0 Å². The molecule has 0 heterocycles. The Kier molecular flexibility index (Phi) is 12.8. The number of unbranched alkanes of at least 4 members (excludes halogenated alkanes) is 4. The first-order valence-corrected chi connectivity index (χ1v) is 10.8. The van der Waals surface area contributed by atoms with Crippen LogP contribution in [0.5, 0.6) is 5.75 Å². The predicted molar refractivity (Wildman–Crippen MR) is 114 cm³/mol. The van der Waals surface area contributed by atoms with Gasteiger partial charge in [-0.15, -0.1) is 0 Å². The molecule has 0 saturated carbocycles. The van der Waals surface area contributed by atoms with Crippen LogP contribution < -0.4 is 10.1 Å². The zero-order valence-electron chi connectivity index (χ0n) is 18.1. The van der Waals surface area contributed by atoms with Crippen molar-refractivity contribution in [2.75, 3.05) is 19.8 Å². The lowest BCUT2D eigenvalue weighted by Crippen LogP contribution is -2.35.